The van der Waals surface area contributed by atoms with Gasteiger partial charge in [-0.25, -0.2) is 0 Å². The van der Waals surface area contributed by atoms with Crippen LogP contribution in [0.2, 0.25) is 0 Å². The minimum absolute atomic E-state index is 0.438. The van der Waals surface area contributed by atoms with Crippen molar-refractivity contribution in [3.05, 3.63) is 90.0 Å². The molecule has 3 rings (SSSR count). The fraction of sp³-hybridized carbons (Fsp3) is 0.136. The monoisotopic (exact) mass is 344 g/mol. The summed E-state index contributed by atoms with van der Waals surface area (Å²) in [7, 11) is 1.63. The van der Waals surface area contributed by atoms with Crippen LogP contribution in [0.3, 0.4) is 0 Å². The van der Waals surface area contributed by atoms with E-state index in [4.69, 9.17) is 9.47 Å². The smallest absolute Gasteiger partial charge is 0.140 e. The van der Waals surface area contributed by atoms with Crippen LogP contribution in [0.5, 0.6) is 11.5 Å². The largest absolute Gasteiger partial charge is 0.497 e. The first-order chi connectivity index (χ1) is 12.8. The van der Waals surface area contributed by atoms with E-state index >= 15 is 0 Å². The molecule has 0 fully saturated rings. The predicted molar refractivity (Wildman–Crippen MR) is 102 cm³/mol. The molecule has 0 aliphatic heterocycles. The molecule has 0 heterocycles. The molecule has 3 aromatic carbocycles. The quantitative estimate of drug-likeness (QED) is 0.659. The molecular weight excluding hydrogens is 324 g/mol. The van der Waals surface area contributed by atoms with Crippen molar-refractivity contribution in [2.75, 3.05) is 12.4 Å². The molecule has 26 heavy (non-hydrogen) atoms. The minimum Gasteiger partial charge on any atom is -0.497 e. The molecule has 0 saturated carbocycles. The molecule has 0 spiro atoms. The maximum absolute atomic E-state index is 9.49. The molecule has 1 atom stereocenters. The number of benzene rings is 3. The van der Waals surface area contributed by atoms with Gasteiger partial charge in [-0.15, -0.1) is 0 Å². The molecule has 0 aliphatic carbocycles. The average molecular weight is 344 g/mol. The third-order valence-electron chi connectivity index (χ3n) is 3.99. The zero-order valence-electron chi connectivity index (χ0n) is 14.6. The van der Waals surface area contributed by atoms with Gasteiger partial charge in [0.05, 0.1) is 13.2 Å². The number of hydrogen-bond donors (Lipinski definition) is 1. The summed E-state index contributed by atoms with van der Waals surface area (Å²) in [6.07, 6.45) is 0. The van der Waals surface area contributed by atoms with Crippen LogP contribution in [0.25, 0.3) is 0 Å². The molecule has 4 nitrogen and oxygen atoms in total. The summed E-state index contributed by atoms with van der Waals surface area (Å²) in [5, 5.41) is 12.7. The maximum Gasteiger partial charge on any atom is 0.140 e. The number of anilines is 1. The zero-order chi connectivity index (χ0) is 18.2. The van der Waals surface area contributed by atoms with Crippen molar-refractivity contribution < 1.29 is 9.47 Å². The van der Waals surface area contributed by atoms with Gasteiger partial charge in [0.15, 0.2) is 0 Å². The number of ether oxygens (including phenoxy) is 2. The lowest BCUT2D eigenvalue weighted by Crippen LogP contribution is -2.08. The highest BCUT2D eigenvalue weighted by atomic mass is 16.5. The second kappa shape index (κ2) is 8.59. The molecule has 130 valence electrons. The van der Waals surface area contributed by atoms with E-state index in [-0.39, 0.29) is 0 Å². The van der Waals surface area contributed by atoms with Gasteiger partial charge in [-0.05, 0) is 47.5 Å². The zero-order valence-corrected chi connectivity index (χ0v) is 14.6. The van der Waals surface area contributed by atoms with Crippen molar-refractivity contribution in [3.8, 4) is 17.6 Å². The van der Waals surface area contributed by atoms with Crippen LogP contribution < -0.4 is 14.8 Å². The lowest BCUT2D eigenvalue weighted by atomic mass is 10.1. The van der Waals surface area contributed by atoms with Crippen LogP contribution in [0.4, 0.5) is 5.69 Å². The SMILES string of the molecule is COc1ccc(N[C@@H](C#N)c2ccc(OCc3ccccc3)cc2)cc1. The van der Waals surface area contributed by atoms with E-state index in [1.807, 2.05) is 78.9 Å². The Hall–Kier alpha value is -3.45. The van der Waals surface area contributed by atoms with Crippen LogP contribution >= 0.6 is 0 Å². The van der Waals surface area contributed by atoms with E-state index in [1.54, 1.807) is 7.11 Å². The molecule has 0 bridgehead atoms. The first-order valence-corrected chi connectivity index (χ1v) is 8.35. The van der Waals surface area contributed by atoms with Gasteiger partial charge < -0.3 is 14.8 Å². The fourth-order valence-electron chi connectivity index (χ4n) is 2.54. The van der Waals surface area contributed by atoms with Crippen molar-refractivity contribution in [1.82, 2.24) is 0 Å². The average Bonchev–Trinajstić information content (AvgIpc) is 2.72. The summed E-state index contributed by atoms with van der Waals surface area (Å²) in [4.78, 5) is 0. The van der Waals surface area contributed by atoms with E-state index in [0.29, 0.717) is 6.61 Å². The highest BCUT2D eigenvalue weighted by Crippen LogP contribution is 2.23. The second-order valence-corrected chi connectivity index (χ2v) is 5.78. The molecule has 0 amide bonds. The van der Waals surface area contributed by atoms with Crippen molar-refractivity contribution in [2.45, 2.75) is 12.6 Å². The number of methoxy groups -OCH3 is 1. The topological polar surface area (TPSA) is 54.3 Å². The summed E-state index contributed by atoms with van der Waals surface area (Å²) in [5.74, 6) is 1.56. The molecule has 0 aromatic heterocycles. The van der Waals surface area contributed by atoms with Gasteiger partial charge in [-0.3, -0.25) is 0 Å². The van der Waals surface area contributed by atoms with E-state index in [0.717, 1.165) is 28.3 Å². The van der Waals surface area contributed by atoms with Gasteiger partial charge in [0.2, 0.25) is 0 Å². The van der Waals surface area contributed by atoms with Gasteiger partial charge in [0.1, 0.15) is 24.1 Å². The third kappa shape index (κ3) is 4.55. The standard InChI is InChI=1S/C22H20N2O2/c1-25-20-13-9-19(10-14-20)24-22(15-23)18-7-11-21(12-8-18)26-16-17-5-3-2-4-6-17/h2-14,22,24H,16H2,1H3/t22-/m0/s1. The third-order valence-corrected chi connectivity index (χ3v) is 3.99. The molecule has 0 aliphatic rings. The number of nitriles is 1. The van der Waals surface area contributed by atoms with Crippen LogP contribution in [-0.2, 0) is 6.61 Å². The van der Waals surface area contributed by atoms with Crippen molar-refractivity contribution in [3.63, 3.8) is 0 Å². The Morgan fingerprint density at radius 2 is 1.54 bits per heavy atom. The lowest BCUT2D eigenvalue weighted by Gasteiger charge is -2.14. The van der Waals surface area contributed by atoms with E-state index < -0.39 is 6.04 Å². The van der Waals surface area contributed by atoms with Crippen molar-refractivity contribution >= 4 is 5.69 Å². The van der Waals surface area contributed by atoms with Crippen LogP contribution in [0, 0.1) is 11.3 Å². The molecule has 4 heteroatoms. The van der Waals surface area contributed by atoms with E-state index in [2.05, 4.69) is 11.4 Å². The molecule has 0 unspecified atom stereocenters. The molecule has 0 radical (unpaired) electrons. The molecular formula is C22H20N2O2. The van der Waals surface area contributed by atoms with E-state index in [1.165, 1.54) is 0 Å². The van der Waals surface area contributed by atoms with Crippen molar-refractivity contribution in [2.24, 2.45) is 0 Å². The summed E-state index contributed by atoms with van der Waals surface area (Å²) in [5.41, 5.74) is 2.87. The number of nitrogens with zero attached hydrogens (tertiary/aromatic N) is 1. The van der Waals surface area contributed by atoms with Crippen LogP contribution in [0.1, 0.15) is 17.2 Å². The van der Waals surface area contributed by atoms with Gasteiger partial charge in [0, 0.05) is 5.69 Å². The van der Waals surface area contributed by atoms with E-state index in [9.17, 15) is 5.26 Å². The van der Waals surface area contributed by atoms with Gasteiger partial charge in [0.25, 0.3) is 0 Å². The Balaban J connectivity index is 1.62. The molecule has 0 saturated heterocycles. The predicted octanol–water partition coefficient (Wildman–Crippen LogP) is 4.95. The first kappa shape index (κ1) is 17.4. The van der Waals surface area contributed by atoms with Crippen LogP contribution in [0.15, 0.2) is 78.9 Å². The number of hydrogen-bond acceptors (Lipinski definition) is 4. The summed E-state index contributed by atoms with van der Waals surface area (Å²) >= 11 is 0. The minimum atomic E-state index is -0.438. The first-order valence-electron chi connectivity index (χ1n) is 8.35. The number of rotatable bonds is 7. The number of nitrogens with one attached hydrogen (secondary N) is 1. The fourth-order valence-corrected chi connectivity index (χ4v) is 2.54. The van der Waals surface area contributed by atoms with Crippen molar-refractivity contribution in [1.29, 1.82) is 5.26 Å². The van der Waals surface area contributed by atoms with Gasteiger partial charge >= 0.3 is 0 Å². The Kier molecular flexibility index (Phi) is 5.74. The normalized spacial score (nSPS) is 11.2. The Morgan fingerprint density at radius 1 is 0.885 bits per heavy atom. The summed E-state index contributed by atoms with van der Waals surface area (Å²) < 4.78 is 10.9. The summed E-state index contributed by atoms with van der Waals surface area (Å²) in [6.45, 7) is 0.520. The van der Waals surface area contributed by atoms with Gasteiger partial charge in [-0.1, -0.05) is 42.5 Å². The second-order valence-electron chi connectivity index (χ2n) is 5.78. The molecule has 3 aromatic rings. The highest BCUT2D eigenvalue weighted by molar-refractivity contribution is 5.50. The lowest BCUT2D eigenvalue weighted by molar-refractivity contribution is 0.306. The Labute approximate surface area is 153 Å². The summed E-state index contributed by atoms with van der Waals surface area (Å²) in [6, 6.07) is 27.0. The Bertz CT molecular complexity index is 853. The highest BCUT2D eigenvalue weighted by Gasteiger charge is 2.10. The van der Waals surface area contributed by atoms with Crippen LogP contribution in [-0.4, -0.2) is 7.11 Å². The molecule has 1 N–H and O–H groups in total. The Morgan fingerprint density at radius 3 is 2.15 bits per heavy atom. The van der Waals surface area contributed by atoms with Gasteiger partial charge in [-0.2, -0.15) is 5.26 Å². The maximum atomic E-state index is 9.49.